The number of methoxy groups -OCH3 is 2. The molecule has 0 saturated heterocycles. The van der Waals surface area contributed by atoms with Gasteiger partial charge in [0, 0.05) is 20.6 Å². The molecule has 1 rings (SSSR count). The van der Waals surface area contributed by atoms with Gasteiger partial charge in [-0.05, 0) is 47.9 Å². The molecule has 0 spiro atoms. The third kappa shape index (κ3) is 6.32. The topological polar surface area (TPSA) is 51.5 Å². The lowest BCUT2D eigenvalue weighted by Crippen LogP contribution is -2.48. The van der Waals surface area contributed by atoms with Crippen LogP contribution in [0.1, 0.15) is 67.2 Å². The van der Waals surface area contributed by atoms with Gasteiger partial charge in [0.1, 0.15) is 0 Å². The molecule has 1 unspecified atom stereocenters. The quantitative estimate of drug-likeness (QED) is 0.188. The molecule has 4 nitrogen and oxygen atoms in total. The first-order valence-electron chi connectivity index (χ1n) is 10.6. The number of halogens is 1. The van der Waals surface area contributed by atoms with Crippen LogP contribution in [0.4, 0.5) is 0 Å². The van der Waals surface area contributed by atoms with Gasteiger partial charge in [-0.2, -0.15) is 5.26 Å². The van der Waals surface area contributed by atoms with Gasteiger partial charge in [-0.3, -0.25) is 0 Å². The molecule has 0 radical (unpaired) electrons. The Bertz CT molecular complexity index is 519. The van der Waals surface area contributed by atoms with Gasteiger partial charge in [-0.1, -0.05) is 57.5 Å². The van der Waals surface area contributed by atoms with Crippen LogP contribution >= 0.6 is 15.9 Å². The lowest BCUT2D eigenvalue weighted by atomic mass is 9.84. The van der Waals surface area contributed by atoms with E-state index >= 15 is 0 Å². The molecule has 0 aliphatic heterocycles. The average molecular weight is 475 g/mol. The van der Waals surface area contributed by atoms with Gasteiger partial charge in [-0.15, -0.1) is 0 Å². The molecule has 0 aromatic carbocycles. The Balaban J connectivity index is 2.85. The molecule has 0 aromatic heterocycles. The number of hydrogen-bond acceptors (Lipinski definition) is 4. The summed E-state index contributed by atoms with van der Waals surface area (Å²) in [4.78, 5) is 0.231. The van der Waals surface area contributed by atoms with Crippen LogP contribution in [-0.2, 0) is 13.9 Å². The molecular weight excluding hydrogens is 434 g/mol. The highest BCUT2D eigenvalue weighted by Crippen LogP contribution is 2.46. The number of nitriles is 1. The maximum Gasteiger partial charge on any atom is 0.258 e. The highest BCUT2D eigenvalue weighted by atomic mass is 79.9. The van der Waals surface area contributed by atoms with Gasteiger partial charge in [0.05, 0.1) is 22.6 Å². The fourth-order valence-electron chi connectivity index (χ4n) is 4.90. The van der Waals surface area contributed by atoms with E-state index < -0.39 is 8.32 Å². The molecule has 0 heterocycles. The minimum absolute atomic E-state index is 0.0547. The zero-order valence-electron chi connectivity index (χ0n) is 19.0. The summed E-state index contributed by atoms with van der Waals surface area (Å²) in [5.74, 6) is 1.55. The highest BCUT2D eigenvalue weighted by Gasteiger charge is 2.48. The van der Waals surface area contributed by atoms with Crippen LogP contribution in [0.15, 0.2) is 11.8 Å². The lowest BCUT2D eigenvalue weighted by Gasteiger charge is -2.44. The maximum atomic E-state index is 9.54. The normalized spacial score (nSPS) is 21.9. The summed E-state index contributed by atoms with van der Waals surface area (Å²) >= 11 is 3.88. The van der Waals surface area contributed by atoms with Crippen molar-refractivity contribution in [2.45, 2.75) is 95.0 Å². The lowest BCUT2D eigenvalue weighted by molar-refractivity contribution is -0.112. The molecule has 0 N–H and O–H groups in total. The monoisotopic (exact) mass is 473 g/mol. The molecule has 162 valence electrons. The summed E-state index contributed by atoms with van der Waals surface area (Å²) < 4.78 is 17.4. The summed E-state index contributed by atoms with van der Waals surface area (Å²) in [5.41, 5.74) is 1.69. The largest absolute Gasteiger partial charge is 0.545 e. The SMILES string of the molecule is COC(CC(C#N)C[C@H]1CC=C(O[Si](C(C)C)(C(C)C)C(C)C)[C@H](Br)C1)OC. The van der Waals surface area contributed by atoms with Crippen molar-refractivity contribution in [1.29, 1.82) is 5.26 Å². The molecule has 0 amide bonds. The van der Waals surface area contributed by atoms with Gasteiger partial charge in [-0.25, -0.2) is 0 Å². The summed E-state index contributed by atoms with van der Waals surface area (Å²) in [6, 6.07) is 2.44. The first-order chi connectivity index (χ1) is 13.1. The van der Waals surface area contributed by atoms with E-state index in [9.17, 15) is 5.26 Å². The smallest absolute Gasteiger partial charge is 0.258 e. The van der Waals surface area contributed by atoms with Crippen LogP contribution < -0.4 is 0 Å². The fraction of sp³-hybridized carbons (Fsp3) is 0.864. The molecule has 3 atom stereocenters. The van der Waals surface area contributed by atoms with Crippen molar-refractivity contribution >= 4 is 24.2 Å². The van der Waals surface area contributed by atoms with Crippen LogP contribution in [0, 0.1) is 23.2 Å². The first-order valence-corrected chi connectivity index (χ1v) is 13.7. The van der Waals surface area contributed by atoms with Crippen molar-refractivity contribution in [2.75, 3.05) is 14.2 Å². The average Bonchev–Trinajstić information content (AvgIpc) is 2.63. The van der Waals surface area contributed by atoms with E-state index in [4.69, 9.17) is 13.9 Å². The second-order valence-electron chi connectivity index (χ2n) is 9.03. The zero-order valence-corrected chi connectivity index (χ0v) is 21.6. The second-order valence-corrected chi connectivity index (χ2v) is 15.5. The Labute approximate surface area is 182 Å². The Morgan fingerprint density at radius 3 is 2.04 bits per heavy atom. The summed E-state index contributed by atoms with van der Waals surface area (Å²) in [7, 11) is 1.31. The second kappa shape index (κ2) is 11.7. The number of hydrogen-bond donors (Lipinski definition) is 0. The minimum atomic E-state index is -1.93. The predicted molar refractivity (Wildman–Crippen MR) is 122 cm³/mol. The number of rotatable bonds is 11. The number of nitrogens with zero attached hydrogens (tertiary/aromatic N) is 1. The predicted octanol–water partition coefficient (Wildman–Crippen LogP) is 6.77. The van der Waals surface area contributed by atoms with E-state index in [0.29, 0.717) is 29.0 Å². The summed E-state index contributed by atoms with van der Waals surface area (Å²) in [5, 5.41) is 9.54. The standard InChI is InChI=1S/C22H40BrNO3Si/c1-15(2)28(16(3)4,17(5)6)27-21-10-9-18(12-20(21)23)11-19(14-24)13-22(25-7)26-8/h10,15-20,22H,9,11-13H2,1-8H3/t18-,19?,20-/m1/s1. The molecule has 0 aromatic rings. The molecule has 1 aliphatic rings. The first kappa shape index (κ1) is 25.7. The molecule has 28 heavy (non-hydrogen) atoms. The van der Waals surface area contributed by atoms with E-state index in [-0.39, 0.29) is 17.0 Å². The highest BCUT2D eigenvalue weighted by molar-refractivity contribution is 9.09. The Hall–Kier alpha value is -0.353. The minimum Gasteiger partial charge on any atom is -0.545 e. The zero-order chi connectivity index (χ0) is 21.5. The van der Waals surface area contributed by atoms with Crippen LogP contribution in [-0.4, -0.2) is 33.7 Å². The van der Waals surface area contributed by atoms with E-state index in [0.717, 1.165) is 25.0 Å². The van der Waals surface area contributed by atoms with E-state index in [1.54, 1.807) is 14.2 Å². The van der Waals surface area contributed by atoms with Gasteiger partial charge < -0.3 is 13.9 Å². The number of alkyl halides is 1. The van der Waals surface area contributed by atoms with Gasteiger partial charge in [0.15, 0.2) is 6.29 Å². The number of ether oxygens (including phenoxy) is 2. The Morgan fingerprint density at radius 2 is 1.64 bits per heavy atom. The van der Waals surface area contributed by atoms with Crippen molar-refractivity contribution in [1.82, 2.24) is 0 Å². The van der Waals surface area contributed by atoms with Crippen molar-refractivity contribution in [3.8, 4) is 6.07 Å². The molecular formula is C22H40BrNO3Si. The van der Waals surface area contributed by atoms with Gasteiger partial charge >= 0.3 is 0 Å². The molecule has 6 heteroatoms. The summed E-state index contributed by atoms with van der Waals surface area (Å²) in [6.07, 6.45) is 5.43. The Morgan fingerprint density at radius 1 is 1.11 bits per heavy atom. The van der Waals surface area contributed by atoms with Crippen molar-refractivity contribution in [2.24, 2.45) is 11.8 Å². The molecule has 0 saturated carbocycles. The van der Waals surface area contributed by atoms with Gasteiger partial charge in [0.25, 0.3) is 8.32 Å². The number of allylic oxidation sites excluding steroid dienone is 2. The van der Waals surface area contributed by atoms with Gasteiger partial charge in [0.2, 0.25) is 0 Å². The van der Waals surface area contributed by atoms with Crippen molar-refractivity contribution in [3.05, 3.63) is 11.8 Å². The molecule has 1 aliphatic carbocycles. The van der Waals surface area contributed by atoms with Crippen LogP contribution in [0.3, 0.4) is 0 Å². The maximum absolute atomic E-state index is 9.54. The van der Waals surface area contributed by atoms with Crippen LogP contribution in [0.25, 0.3) is 0 Å². The third-order valence-corrected chi connectivity index (χ3v) is 13.1. The van der Waals surface area contributed by atoms with Crippen LogP contribution in [0.5, 0.6) is 0 Å². The van der Waals surface area contributed by atoms with Crippen molar-refractivity contribution < 1.29 is 13.9 Å². The van der Waals surface area contributed by atoms with E-state index in [1.807, 2.05) is 0 Å². The van der Waals surface area contributed by atoms with Crippen LogP contribution in [0.2, 0.25) is 16.6 Å². The fourth-order valence-corrected chi connectivity index (χ4v) is 11.2. The molecule has 0 bridgehead atoms. The van der Waals surface area contributed by atoms with Crippen molar-refractivity contribution in [3.63, 3.8) is 0 Å². The molecule has 0 fully saturated rings. The third-order valence-electron chi connectivity index (χ3n) is 6.31. The summed E-state index contributed by atoms with van der Waals surface area (Å²) in [6.45, 7) is 13.9. The van der Waals surface area contributed by atoms with E-state index in [1.165, 1.54) is 0 Å². The Kier molecular flexibility index (Phi) is 10.8. The van der Waals surface area contributed by atoms with E-state index in [2.05, 4.69) is 69.6 Å².